The summed E-state index contributed by atoms with van der Waals surface area (Å²) in [6, 6.07) is 4.45. The average molecular weight is 199 g/mol. The van der Waals surface area contributed by atoms with Crippen molar-refractivity contribution in [1.82, 2.24) is 0 Å². The topological polar surface area (TPSA) is 55.5 Å². The number of aliphatic hydroxyl groups is 1. The van der Waals surface area contributed by atoms with Crippen LogP contribution in [0.5, 0.6) is 5.75 Å². The number of nitrogens with two attached hydrogens (primary N) is 1. The molecule has 0 unspecified atom stereocenters. The zero-order valence-electron chi connectivity index (χ0n) is 7.87. The lowest BCUT2D eigenvalue weighted by Gasteiger charge is -2.07. The van der Waals surface area contributed by atoms with Crippen LogP contribution in [0.2, 0.25) is 0 Å². The van der Waals surface area contributed by atoms with Crippen LogP contribution in [0.3, 0.4) is 0 Å². The van der Waals surface area contributed by atoms with E-state index in [1.54, 1.807) is 12.1 Å². The van der Waals surface area contributed by atoms with E-state index >= 15 is 0 Å². The van der Waals surface area contributed by atoms with Crippen LogP contribution in [-0.4, -0.2) is 18.3 Å². The van der Waals surface area contributed by atoms with Crippen LogP contribution >= 0.6 is 0 Å². The van der Waals surface area contributed by atoms with Gasteiger partial charge in [0.25, 0.3) is 0 Å². The first-order valence-electron chi connectivity index (χ1n) is 4.50. The standard InChI is InChI=1S/C10H14FNO2/c11-10-3-2-9(6-8(10)7-12)14-5-1-4-13/h2-3,6,13H,1,4-5,7,12H2. The van der Waals surface area contributed by atoms with Crippen LogP contribution in [0.1, 0.15) is 12.0 Å². The van der Waals surface area contributed by atoms with Crippen LogP contribution < -0.4 is 10.5 Å². The zero-order chi connectivity index (χ0) is 10.4. The maximum Gasteiger partial charge on any atom is 0.127 e. The molecule has 3 N–H and O–H groups in total. The molecule has 0 aliphatic rings. The molecule has 0 fully saturated rings. The second-order valence-corrected chi connectivity index (χ2v) is 2.88. The molecule has 0 amide bonds. The molecular formula is C10H14FNO2. The average Bonchev–Trinajstić information content (AvgIpc) is 2.21. The minimum absolute atomic E-state index is 0.0882. The molecular weight excluding hydrogens is 185 g/mol. The number of aliphatic hydroxyl groups excluding tert-OH is 1. The molecule has 0 atom stereocenters. The summed E-state index contributed by atoms with van der Waals surface area (Å²) < 4.78 is 18.2. The van der Waals surface area contributed by atoms with Gasteiger partial charge in [0.2, 0.25) is 0 Å². The van der Waals surface area contributed by atoms with Crippen molar-refractivity contribution >= 4 is 0 Å². The van der Waals surface area contributed by atoms with E-state index in [4.69, 9.17) is 15.6 Å². The van der Waals surface area contributed by atoms with Crippen molar-refractivity contribution in [2.75, 3.05) is 13.2 Å². The molecule has 0 radical (unpaired) electrons. The van der Waals surface area contributed by atoms with Gasteiger partial charge in [0.15, 0.2) is 0 Å². The Hall–Kier alpha value is -1.13. The number of hydrogen-bond acceptors (Lipinski definition) is 3. The van der Waals surface area contributed by atoms with Crippen molar-refractivity contribution in [2.45, 2.75) is 13.0 Å². The predicted molar refractivity (Wildman–Crippen MR) is 51.5 cm³/mol. The second kappa shape index (κ2) is 5.57. The molecule has 1 aromatic rings. The molecule has 78 valence electrons. The molecule has 0 saturated carbocycles. The molecule has 0 spiro atoms. The van der Waals surface area contributed by atoms with Crippen LogP contribution in [0, 0.1) is 5.82 Å². The van der Waals surface area contributed by atoms with Gasteiger partial charge in [-0.05, 0) is 18.2 Å². The maximum absolute atomic E-state index is 13.0. The van der Waals surface area contributed by atoms with E-state index in [2.05, 4.69) is 0 Å². The highest BCUT2D eigenvalue weighted by molar-refractivity contribution is 5.29. The molecule has 4 heteroatoms. The highest BCUT2D eigenvalue weighted by Gasteiger charge is 2.02. The molecule has 0 aromatic heterocycles. The van der Waals surface area contributed by atoms with Gasteiger partial charge < -0.3 is 15.6 Å². The predicted octanol–water partition coefficient (Wildman–Crippen LogP) is 1.05. The Morgan fingerprint density at radius 1 is 1.43 bits per heavy atom. The summed E-state index contributed by atoms with van der Waals surface area (Å²) in [5.41, 5.74) is 5.78. The lowest BCUT2D eigenvalue weighted by molar-refractivity contribution is 0.233. The van der Waals surface area contributed by atoms with Crippen LogP contribution in [0.15, 0.2) is 18.2 Å². The van der Waals surface area contributed by atoms with Gasteiger partial charge in [0.1, 0.15) is 11.6 Å². The fraction of sp³-hybridized carbons (Fsp3) is 0.400. The number of benzene rings is 1. The van der Waals surface area contributed by atoms with Crippen molar-refractivity contribution in [1.29, 1.82) is 0 Å². The van der Waals surface area contributed by atoms with Crippen molar-refractivity contribution in [3.05, 3.63) is 29.6 Å². The summed E-state index contributed by atoms with van der Waals surface area (Å²) in [7, 11) is 0. The lowest BCUT2D eigenvalue weighted by atomic mass is 10.2. The monoisotopic (exact) mass is 199 g/mol. The van der Waals surface area contributed by atoms with Crippen LogP contribution in [0.25, 0.3) is 0 Å². The highest BCUT2D eigenvalue weighted by Crippen LogP contribution is 2.16. The van der Waals surface area contributed by atoms with Gasteiger partial charge in [-0.3, -0.25) is 0 Å². The summed E-state index contributed by atoms with van der Waals surface area (Å²) in [4.78, 5) is 0. The number of rotatable bonds is 5. The Balaban J connectivity index is 2.60. The van der Waals surface area contributed by atoms with E-state index in [9.17, 15) is 4.39 Å². The van der Waals surface area contributed by atoms with E-state index in [1.807, 2.05) is 0 Å². The number of hydrogen-bond donors (Lipinski definition) is 2. The molecule has 14 heavy (non-hydrogen) atoms. The van der Waals surface area contributed by atoms with Gasteiger partial charge in [0, 0.05) is 25.1 Å². The Kier molecular flexibility index (Phi) is 4.35. The normalized spacial score (nSPS) is 10.2. The molecule has 0 aliphatic heterocycles. The van der Waals surface area contributed by atoms with E-state index in [0.29, 0.717) is 24.3 Å². The smallest absolute Gasteiger partial charge is 0.127 e. The molecule has 0 heterocycles. The maximum atomic E-state index is 13.0. The van der Waals surface area contributed by atoms with Crippen LogP contribution in [0.4, 0.5) is 4.39 Å². The fourth-order valence-electron chi connectivity index (χ4n) is 1.05. The van der Waals surface area contributed by atoms with Gasteiger partial charge in [-0.25, -0.2) is 4.39 Å². The molecule has 1 aromatic carbocycles. The third-order valence-electron chi connectivity index (χ3n) is 1.81. The quantitative estimate of drug-likeness (QED) is 0.697. The minimum atomic E-state index is -0.318. The highest BCUT2D eigenvalue weighted by atomic mass is 19.1. The second-order valence-electron chi connectivity index (χ2n) is 2.88. The summed E-state index contributed by atoms with van der Waals surface area (Å²) in [5.74, 6) is 0.266. The van der Waals surface area contributed by atoms with Crippen molar-refractivity contribution in [3.8, 4) is 5.75 Å². The zero-order valence-corrected chi connectivity index (χ0v) is 7.87. The SMILES string of the molecule is NCc1cc(OCCCO)ccc1F. The first-order valence-corrected chi connectivity index (χ1v) is 4.50. The minimum Gasteiger partial charge on any atom is -0.493 e. The summed E-state index contributed by atoms with van der Waals surface area (Å²) in [6.07, 6.45) is 0.565. The Morgan fingerprint density at radius 2 is 2.21 bits per heavy atom. The van der Waals surface area contributed by atoms with Gasteiger partial charge in [-0.1, -0.05) is 0 Å². The third kappa shape index (κ3) is 2.97. The number of halogens is 1. The largest absolute Gasteiger partial charge is 0.493 e. The summed E-state index contributed by atoms with van der Waals surface area (Å²) in [5, 5.41) is 8.53. The molecule has 1 rings (SSSR count). The summed E-state index contributed by atoms with van der Waals surface area (Å²) in [6.45, 7) is 0.667. The first kappa shape index (κ1) is 10.9. The van der Waals surface area contributed by atoms with E-state index < -0.39 is 0 Å². The summed E-state index contributed by atoms with van der Waals surface area (Å²) >= 11 is 0. The Bertz CT molecular complexity index is 291. The molecule has 0 bridgehead atoms. The van der Waals surface area contributed by atoms with E-state index in [1.165, 1.54) is 6.07 Å². The van der Waals surface area contributed by atoms with Crippen LogP contribution in [-0.2, 0) is 6.54 Å². The molecule has 3 nitrogen and oxygen atoms in total. The Labute approximate surface area is 82.3 Å². The molecule has 0 aliphatic carbocycles. The van der Waals surface area contributed by atoms with Gasteiger partial charge in [-0.15, -0.1) is 0 Å². The van der Waals surface area contributed by atoms with E-state index in [-0.39, 0.29) is 19.0 Å². The fourth-order valence-corrected chi connectivity index (χ4v) is 1.05. The van der Waals surface area contributed by atoms with Crippen molar-refractivity contribution in [3.63, 3.8) is 0 Å². The van der Waals surface area contributed by atoms with E-state index in [0.717, 1.165) is 0 Å². The van der Waals surface area contributed by atoms with Gasteiger partial charge in [0.05, 0.1) is 6.61 Å². The lowest BCUT2D eigenvalue weighted by Crippen LogP contribution is -2.03. The van der Waals surface area contributed by atoms with Crippen molar-refractivity contribution < 1.29 is 14.2 Å². The number of ether oxygens (including phenoxy) is 1. The third-order valence-corrected chi connectivity index (χ3v) is 1.81. The van der Waals surface area contributed by atoms with Gasteiger partial charge in [-0.2, -0.15) is 0 Å². The first-order chi connectivity index (χ1) is 6.77. The van der Waals surface area contributed by atoms with Gasteiger partial charge >= 0.3 is 0 Å². The molecule has 0 saturated heterocycles. The Morgan fingerprint density at radius 3 is 2.86 bits per heavy atom. The van der Waals surface area contributed by atoms with Crippen molar-refractivity contribution in [2.24, 2.45) is 5.73 Å².